The summed E-state index contributed by atoms with van der Waals surface area (Å²) < 4.78 is 5.85. The van der Waals surface area contributed by atoms with Crippen LogP contribution >= 0.6 is 0 Å². The van der Waals surface area contributed by atoms with Crippen molar-refractivity contribution in [1.82, 2.24) is 10.2 Å². The third-order valence-corrected chi connectivity index (χ3v) is 4.96. The van der Waals surface area contributed by atoms with Crippen molar-refractivity contribution in [3.8, 4) is 0 Å². The van der Waals surface area contributed by atoms with Crippen molar-refractivity contribution in [3.05, 3.63) is 35.4 Å². The average Bonchev–Trinajstić information content (AvgIpc) is 2.46. The molecule has 3 nitrogen and oxygen atoms in total. The third kappa shape index (κ3) is 3.85. The Morgan fingerprint density at radius 1 is 1.33 bits per heavy atom. The van der Waals surface area contributed by atoms with Crippen LogP contribution in [0.2, 0.25) is 0 Å². The molecule has 1 saturated carbocycles. The molecule has 1 atom stereocenters. The van der Waals surface area contributed by atoms with Crippen LogP contribution < -0.4 is 5.32 Å². The molecular weight excluding hydrogens is 260 g/mol. The highest BCUT2D eigenvalue weighted by Gasteiger charge is 2.31. The number of morpholine rings is 1. The highest BCUT2D eigenvalue weighted by molar-refractivity contribution is 5.27. The van der Waals surface area contributed by atoms with E-state index < -0.39 is 0 Å². The molecule has 0 amide bonds. The van der Waals surface area contributed by atoms with Crippen molar-refractivity contribution in [3.63, 3.8) is 0 Å². The van der Waals surface area contributed by atoms with Crippen LogP contribution in [-0.4, -0.2) is 49.8 Å². The third-order valence-electron chi connectivity index (χ3n) is 4.96. The molecule has 0 bridgehead atoms. The van der Waals surface area contributed by atoms with E-state index in [1.54, 1.807) is 0 Å². The number of nitrogens with one attached hydrogen (secondary N) is 1. The first-order chi connectivity index (χ1) is 10.2. The van der Waals surface area contributed by atoms with E-state index in [0.29, 0.717) is 12.1 Å². The smallest absolute Gasteiger partial charge is 0.0826 e. The maximum Gasteiger partial charge on any atom is 0.0826 e. The van der Waals surface area contributed by atoms with E-state index in [2.05, 4.69) is 48.3 Å². The summed E-state index contributed by atoms with van der Waals surface area (Å²) >= 11 is 0. The van der Waals surface area contributed by atoms with Gasteiger partial charge in [0.25, 0.3) is 0 Å². The highest BCUT2D eigenvalue weighted by Crippen LogP contribution is 2.37. The fraction of sp³-hybridized carbons (Fsp3) is 0.667. The zero-order valence-corrected chi connectivity index (χ0v) is 13.3. The number of likely N-dealkylation sites (N-methyl/N-ethyl adjacent to an activating group) is 1. The van der Waals surface area contributed by atoms with Crippen LogP contribution in [0.3, 0.4) is 0 Å². The van der Waals surface area contributed by atoms with Gasteiger partial charge < -0.3 is 10.1 Å². The Morgan fingerprint density at radius 2 is 2.19 bits per heavy atom. The fourth-order valence-electron chi connectivity index (χ4n) is 3.47. The molecule has 0 radical (unpaired) electrons. The van der Waals surface area contributed by atoms with Crippen molar-refractivity contribution < 1.29 is 4.74 Å². The van der Waals surface area contributed by atoms with Gasteiger partial charge in [0.15, 0.2) is 0 Å². The van der Waals surface area contributed by atoms with Crippen LogP contribution in [0, 0.1) is 6.92 Å². The van der Waals surface area contributed by atoms with Gasteiger partial charge in [-0.25, -0.2) is 0 Å². The van der Waals surface area contributed by atoms with Crippen LogP contribution in [0.1, 0.15) is 36.8 Å². The summed E-state index contributed by atoms with van der Waals surface area (Å²) in [5, 5.41) is 3.70. The molecule has 21 heavy (non-hydrogen) atoms. The Bertz CT molecular complexity index is 456. The van der Waals surface area contributed by atoms with Gasteiger partial charge >= 0.3 is 0 Å². The molecule has 1 aliphatic carbocycles. The summed E-state index contributed by atoms with van der Waals surface area (Å²) in [7, 11) is 0. The first kappa shape index (κ1) is 15.0. The topological polar surface area (TPSA) is 24.5 Å². The van der Waals surface area contributed by atoms with E-state index >= 15 is 0 Å². The van der Waals surface area contributed by atoms with Gasteiger partial charge in [-0.15, -0.1) is 0 Å². The summed E-state index contributed by atoms with van der Waals surface area (Å²) in [6, 6.07) is 9.65. The second-order valence-corrected chi connectivity index (χ2v) is 6.57. The zero-order chi connectivity index (χ0) is 14.7. The second kappa shape index (κ2) is 6.91. The first-order valence-corrected chi connectivity index (χ1v) is 8.38. The molecule has 1 aromatic rings. The van der Waals surface area contributed by atoms with Crippen molar-refractivity contribution in [2.45, 2.75) is 44.8 Å². The molecule has 1 heterocycles. The monoisotopic (exact) mass is 288 g/mol. The summed E-state index contributed by atoms with van der Waals surface area (Å²) in [6.07, 6.45) is 2.91. The van der Waals surface area contributed by atoms with Gasteiger partial charge in [0.05, 0.1) is 12.7 Å². The number of hydrogen-bond donors (Lipinski definition) is 1. The summed E-state index contributed by atoms with van der Waals surface area (Å²) in [5.74, 6) is 0.752. The van der Waals surface area contributed by atoms with Crippen molar-refractivity contribution in [1.29, 1.82) is 0 Å². The van der Waals surface area contributed by atoms with Gasteiger partial charge in [0.2, 0.25) is 0 Å². The number of aryl methyl sites for hydroxylation is 1. The highest BCUT2D eigenvalue weighted by atomic mass is 16.5. The lowest BCUT2D eigenvalue weighted by Gasteiger charge is -2.39. The Balaban J connectivity index is 1.39. The van der Waals surface area contributed by atoms with Crippen LogP contribution in [-0.2, 0) is 4.74 Å². The zero-order valence-electron chi connectivity index (χ0n) is 13.3. The lowest BCUT2D eigenvalue weighted by molar-refractivity contribution is -0.0276. The lowest BCUT2D eigenvalue weighted by Crippen LogP contribution is -2.50. The van der Waals surface area contributed by atoms with Gasteiger partial charge in [0.1, 0.15) is 0 Å². The normalized spacial score (nSPS) is 30.1. The Hall–Kier alpha value is -0.900. The average molecular weight is 288 g/mol. The molecule has 1 unspecified atom stereocenters. The molecule has 1 N–H and O–H groups in total. The molecule has 2 aliphatic rings. The molecule has 0 spiro atoms. The number of benzene rings is 1. The summed E-state index contributed by atoms with van der Waals surface area (Å²) in [5.41, 5.74) is 2.89. The standard InChI is InChI=1S/C18H28N2O/c1-3-20-7-8-21-18(13-20)12-19-17-10-16(11-17)15-6-4-5-14(2)9-15/h4-6,9,16-19H,3,7-8,10-13H2,1-2H3. The fourth-order valence-corrected chi connectivity index (χ4v) is 3.47. The second-order valence-electron chi connectivity index (χ2n) is 6.57. The molecular formula is C18H28N2O. The Labute approximate surface area is 128 Å². The summed E-state index contributed by atoms with van der Waals surface area (Å²) in [4.78, 5) is 2.48. The lowest BCUT2D eigenvalue weighted by atomic mass is 9.75. The molecule has 1 saturated heterocycles. The largest absolute Gasteiger partial charge is 0.374 e. The minimum absolute atomic E-state index is 0.372. The maximum absolute atomic E-state index is 5.85. The van der Waals surface area contributed by atoms with E-state index in [-0.39, 0.29) is 0 Å². The van der Waals surface area contributed by atoms with E-state index in [0.717, 1.165) is 38.7 Å². The van der Waals surface area contributed by atoms with Crippen molar-refractivity contribution >= 4 is 0 Å². The SMILES string of the molecule is CCN1CCOC(CNC2CC(c3cccc(C)c3)C2)C1. The molecule has 0 aromatic heterocycles. The van der Waals surface area contributed by atoms with Gasteiger partial charge in [-0.3, -0.25) is 4.90 Å². The van der Waals surface area contributed by atoms with Gasteiger partial charge in [-0.05, 0) is 37.8 Å². The van der Waals surface area contributed by atoms with E-state index in [1.165, 1.54) is 24.0 Å². The molecule has 1 aromatic carbocycles. The van der Waals surface area contributed by atoms with Crippen LogP contribution in [0.15, 0.2) is 24.3 Å². The van der Waals surface area contributed by atoms with E-state index in [1.807, 2.05) is 0 Å². The van der Waals surface area contributed by atoms with E-state index in [4.69, 9.17) is 4.74 Å². The maximum atomic E-state index is 5.85. The predicted molar refractivity (Wildman–Crippen MR) is 86.8 cm³/mol. The number of nitrogens with zero attached hydrogens (tertiary/aromatic N) is 1. The molecule has 116 valence electrons. The Morgan fingerprint density at radius 3 is 2.95 bits per heavy atom. The van der Waals surface area contributed by atoms with Crippen molar-refractivity contribution in [2.75, 3.05) is 32.8 Å². The summed E-state index contributed by atoms with van der Waals surface area (Å²) in [6.45, 7) is 9.60. The minimum Gasteiger partial charge on any atom is -0.374 e. The van der Waals surface area contributed by atoms with E-state index in [9.17, 15) is 0 Å². The van der Waals surface area contributed by atoms with Crippen LogP contribution in [0.5, 0.6) is 0 Å². The molecule has 3 heteroatoms. The molecule has 3 rings (SSSR count). The number of hydrogen-bond acceptors (Lipinski definition) is 3. The van der Waals surface area contributed by atoms with Gasteiger partial charge in [-0.1, -0.05) is 36.8 Å². The predicted octanol–water partition coefficient (Wildman–Crippen LogP) is 2.55. The number of rotatable bonds is 5. The Kier molecular flexibility index (Phi) is 4.94. The molecule has 2 fully saturated rings. The minimum atomic E-state index is 0.372. The van der Waals surface area contributed by atoms with Crippen LogP contribution in [0.25, 0.3) is 0 Å². The first-order valence-electron chi connectivity index (χ1n) is 8.38. The number of ether oxygens (including phenoxy) is 1. The van der Waals surface area contributed by atoms with Gasteiger partial charge in [0, 0.05) is 25.7 Å². The van der Waals surface area contributed by atoms with Crippen molar-refractivity contribution in [2.24, 2.45) is 0 Å². The van der Waals surface area contributed by atoms with Crippen LogP contribution in [0.4, 0.5) is 0 Å². The molecule has 1 aliphatic heterocycles. The quantitative estimate of drug-likeness (QED) is 0.901. The van der Waals surface area contributed by atoms with Gasteiger partial charge in [-0.2, -0.15) is 0 Å².